The molecular weight excluding hydrogens is 354 g/mol. The van der Waals surface area contributed by atoms with E-state index in [1.165, 1.54) is 32.1 Å². The summed E-state index contributed by atoms with van der Waals surface area (Å²) in [7, 11) is 0. The highest BCUT2D eigenvalue weighted by molar-refractivity contribution is 5.93. The van der Waals surface area contributed by atoms with Crippen LogP contribution >= 0.6 is 0 Å². The maximum Gasteiger partial charge on any atom is 0.257 e. The average molecular weight is 388 g/mol. The zero-order chi connectivity index (χ0) is 19.3. The summed E-state index contributed by atoms with van der Waals surface area (Å²) in [5.41, 5.74) is 0.579. The molecule has 0 unspecified atom stereocenters. The molecule has 0 atom stereocenters. The first-order chi connectivity index (χ1) is 13.7. The Morgan fingerprint density at radius 3 is 2.46 bits per heavy atom. The van der Waals surface area contributed by atoms with Crippen molar-refractivity contribution >= 4 is 11.8 Å². The minimum Gasteiger partial charge on any atom is -0.352 e. The van der Waals surface area contributed by atoms with Crippen LogP contribution in [0.2, 0.25) is 0 Å². The molecule has 2 heterocycles. The molecule has 28 heavy (non-hydrogen) atoms. The number of rotatable bonds is 7. The number of nitrogens with zero attached hydrogens (tertiary/aromatic N) is 3. The molecule has 0 bridgehead atoms. The molecule has 7 heteroatoms. The number of likely N-dealkylation sites (tertiary alicyclic amines) is 1. The molecule has 154 valence electrons. The fraction of sp³-hybridized carbons (Fsp3) is 0.762. The molecule has 3 fully saturated rings. The Morgan fingerprint density at radius 1 is 1.00 bits per heavy atom. The maximum atomic E-state index is 12.8. The van der Waals surface area contributed by atoms with E-state index in [2.05, 4.69) is 15.7 Å². The van der Waals surface area contributed by atoms with Gasteiger partial charge in [-0.1, -0.05) is 19.3 Å². The quantitative estimate of drug-likeness (QED) is 0.749. The minimum atomic E-state index is -0.0171. The highest BCUT2D eigenvalue weighted by atomic mass is 16.2. The molecule has 1 aromatic rings. The zero-order valence-corrected chi connectivity index (χ0v) is 16.7. The van der Waals surface area contributed by atoms with E-state index in [9.17, 15) is 9.59 Å². The molecule has 2 N–H and O–H groups in total. The van der Waals surface area contributed by atoms with Gasteiger partial charge in [0.15, 0.2) is 0 Å². The van der Waals surface area contributed by atoms with Gasteiger partial charge in [-0.2, -0.15) is 5.10 Å². The van der Waals surface area contributed by atoms with Gasteiger partial charge in [-0.3, -0.25) is 14.3 Å². The summed E-state index contributed by atoms with van der Waals surface area (Å²) in [6.07, 6.45) is 13.8. The summed E-state index contributed by atoms with van der Waals surface area (Å²) in [6.45, 7) is 2.88. The molecular formula is C21H33N5O2. The Bertz CT molecular complexity index is 670. The van der Waals surface area contributed by atoms with Crippen LogP contribution in [0.25, 0.3) is 0 Å². The smallest absolute Gasteiger partial charge is 0.257 e. The van der Waals surface area contributed by atoms with Crippen molar-refractivity contribution in [3.63, 3.8) is 0 Å². The Hall–Kier alpha value is -1.89. The van der Waals surface area contributed by atoms with Gasteiger partial charge in [0.25, 0.3) is 5.91 Å². The third kappa shape index (κ3) is 5.34. The van der Waals surface area contributed by atoms with Crippen LogP contribution < -0.4 is 10.6 Å². The van der Waals surface area contributed by atoms with Crippen molar-refractivity contribution in [3.05, 3.63) is 18.0 Å². The lowest BCUT2D eigenvalue weighted by Crippen LogP contribution is -2.45. The van der Waals surface area contributed by atoms with Gasteiger partial charge in [0.1, 0.15) is 6.54 Å². The van der Waals surface area contributed by atoms with Gasteiger partial charge in [0, 0.05) is 31.4 Å². The molecule has 2 amide bonds. The summed E-state index contributed by atoms with van der Waals surface area (Å²) < 4.78 is 1.58. The first kappa shape index (κ1) is 19.4. The molecule has 0 radical (unpaired) electrons. The summed E-state index contributed by atoms with van der Waals surface area (Å²) in [4.78, 5) is 26.9. The van der Waals surface area contributed by atoms with Crippen LogP contribution in [-0.4, -0.2) is 58.2 Å². The van der Waals surface area contributed by atoms with Gasteiger partial charge in [0.05, 0.1) is 11.8 Å². The van der Waals surface area contributed by atoms with Crippen molar-refractivity contribution in [2.24, 2.45) is 5.92 Å². The molecule has 1 saturated heterocycles. The van der Waals surface area contributed by atoms with Crippen molar-refractivity contribution in [1.82, 2.24) is 25.3 Å². The lowest BCUT2D eigenvalue weighted by molar-refractivity contribution is -0.122. The van der Waals surface area contributed by atoms with Crippen molar-refractivity contribution in [2.75, 3.05) is 19.6 Å². The predicted octanol–water partition coefficient (Wildman–Crippen LogP) is 1.94. The van der Waals surface area contributed by atoms with Gasteiger partial charge in [-0.25, -0.2) is 0 Å². The van der Waals surface area contributed by atoms with Gasteiger partial charge >= 0.3 is 0 Å². The van der Waals surface area contributed by atoms with Crippen LogP contribution in [0, 0.1) is 5.92 Å². The molecule has 1 aromatic heterocycles. The normalized spacial score (nSPS) is 21.6. The lowest BCUT2D eigenvalue weighted by atomic mass is 9.95. The largest absolute Gasteiger partial charge is 0.352 e. The summed E-state index contributed by atoms with van der Waals surface area (Å²) >= 11 is 0. The number of aromatic nitrogens is 2. The van der Waals surface area contributed by atoms with E-state index in [1.807, 2.05) is 4.90 Å². The molecule has 1 aliphatic heterocycles. The Kier molecular flexibility index (Phi) is 6.29. The Morgan fingerprint density at radius 2 is 1.75 bits per heavy atom. The number of hydrogen-bond donors (Lipinski definition) is 2. The first-order valence-electron chi connectivity index (χ1n) is 11.0. The van der Waals surface area contributed by atoms with Gasteiger partial charge in [0.2, 0.25) is 5.91 Å². The fourth-order valence-electron chi connectivity index (χ4n) is 4.35. The molecule has 7 nitrogen and oxygen atoms in total. The van der Waals surface area contributed by atoms with Gasteiger partial charge in [-0.15, -0.1) is 0 Å². The van der Waals surface area contributed by atoms with Gasteiger partial charge < -0.3 is 15.5 Å². The number of piperidine rings is 1. The predicted molar refractivity (Wildman–Crippen MR) is 107 cm³/mol. The van der Waals surface area contributed by atoms with Crippen molar-refractivity contribution in [3.8, 4) is 0 Å². The standard InChI is InChI=1S/C21H33N5O2/c27-20(24-19-4-2-1-3-5-19)15-26-14-17(13-23-26)21(28)25-10-8-18(9-11-25)22-12-16-6-7-16/h13-14,16,18-19,22H,1-12,15H2,(H,24,27). The second-order valence-electron chi connectivity index (χ2n) is 8.75. The fourth-order valence-corrected chi connectivity index (χ4v) is 4.35. The summed E-state index contributed by atoms with van der Waals surface area (Å²) in [5, 5.41) is 11.0. The monoisotopic (exact) mass is 387 g/mol. The molecule has 0 spiro atoms. The molecule has 4 rings (SSSR count). The highest BCUT2D eigenvalue weighted by Crippen LogP contribution is 2.28. The number of nitrogens with one attached hydrogen (secondary N) is 2. The SMILES string of the molecule is O=C(Cn1cc(C(=O)N2CCC(NCC3CC3)CC2)cn1)NC1CCCCC1. The third-order valence-electron chi connectivity index (χ3n) is 6.33. The molecule has 3 aliphatic rings. The van der Waals surface area contributed by atoms with Gasteiger partial charge in [-0.05, 0) is 51.0 Å². The highest BCUT2D eigenvalue weighted by Gasteiger charge is 2.27. The van der Waals surface area contributed by atoms with Crippen LogP contribution in [0.1, 0.15) is 68.1 Å². The topological polar surface area (TPSA) is 79.3 Å². The number of amides is 2. The molecule has 2 saturated carbocycles. The minimum absolute atomic E-state index is 0.0171. The van der Waals surface area contributed by atoms with Crippen molar-refractivity contribution < 1.29 is 9.59 Å². The van der Waals surface area contributed by atoms with E-state index >= 15 is 0 Å². The average Bonchev–Trinajstić information content (AvgIpc) is 3.44. The van der Waals surface area contributed by atoms with E-state index in [-0.39, 0.29) is 18.4 Å². The third-order valence-corrected chi connectivity index (χ3v) is 6.33. The Labute approximate surface area is 167 Å². The Balaban J connectivity index is 1.22. The summed E-state index contributed by atoms with van der Waals surface area (Å²) in [5.74, 6) is 0.900. The maximum absolute atomic E-state index is 12.8. The van der Waals surface area contributed by atoms with Crippen LogP contribution in [-0.2, 0) is 11.3 Å². The zero-order valence-electron chi connectivity index (χ0n) is 16.7. The van der Waals surface area contributed by atoms with E-state index in [4.69, 9.17) is 0 Å². The lowest BCUT2D eigenvalue weighted by Gasteiger charge is -2.32. The van der Waals surface area contributed by atoms with Crippen LogP contribution in [0.4, 0.5) is 0 Å². The van der Waals surface area contributed by atoms with E-state index in [1.54, 1.807) is 17.1 Å². The second-order valence-corrected chi connectivity index (χ2v) is 8.75. The summed E-state index contributed by atoms with van der Waals surface area (Å²) in [6, 6.07) is 0.837. The van der Waals surface area contributed by atoms with Crippen LogP contribution in [0.5, 0.6) is 0 Å². The van der Waals surface area contributed by atoms with Crippen molar-refractivity contribution in [1.29, 1.82) is 0 Å². The van der Waals surface area contributed by atoms with E-state index < -0.39 is 0 Å². The molecule has 2 aliphatic carbocycles. The van der Waals surface area contributed by atoms with Crippen LogP contribution in [0.3, 0.4) is 0 Å². The molecule has 0 aromatic carbocycles. The first-order valence-corrected chi connectivity index (χ1v) is 11.0. The second kappa shape index (κ2) is 9.07. The van der Waals surface area contributed by atoms with E-state index in [0.717, 1.165) is 51.2 Å². The van der Waals surface area contributed by atoms with E-state index in [0.29, 0.717) is 17.6 Å². The number of carbonyl (C=O) groups is 2. The van der Waals surface area contributed by atoms with Crippen LogP contribution in [0.15, 0.2) is 12.4 Å². The number of carbonyl (C=O) groups excluding carboxylic acids is 2. The number of hydrogen-bond acceptors (Lipinski definition) is 4. The van der Waals surface area contributed by atoms with Crippen molar-refractivity contribution in [2.45, 2.75) is 76.4 Å².